The fourth-order valence-electron chi connectivity index (χ4n) is 4.43. The van der Waals surface area contributed by atoms with Crippen LogP contribution in [0.1, 0.15) is 36.9 Å². The molecule has 3 aromatic rings. The average Bonchev–Trinajstić information content (AvgIpc) is 3.49. The molecule has 1 atom stereocenters. The van der Waals surface area contributed by atoms with Crippen molar-refractivity contribution in [2.24, 2.45) is 5.92 Å². The van der Waals surface area contributed by atoms with Crippen LogP contribution in [0.25, 0.3) is 10.9 Å². The molecule has 1 saturated carbocycles. The van der Waals surface area contributed by atoms with Crippen LogP contribution in [0.5, 0.6) is 0 Å². The van der Waals surface area contributed by atoms with E-state index in [9.17, 15) is 0 Å². The Morgan fingerprint density at radius 2 is 1.84 bits per heavy atom. The summed E-state index contributed by atoms with van der Waals surface area (Å²) in [6.45, 7) is 4.88. The zero-order valence-electron chi connectivity index (χ0n) is 18.4. The van der Waals surface area contributed by atoms with Gasteiger partial charge in [-0.25, -0.2) is 0 Å². The third-order valence-electron chi connectivity index (χ3n) is 6.27. The summed E-state index contributed by atoms with van der Waals surface area (Å²) in [6, 6.07) is 18.7. The van der Waals surface area contributed by atoms with E-state index in [1.54, 1.807) is 0 Å². The molecule has 32 heavy (non-hydrogen) atoms. The topological polar surface area (TPSA) is 61.2 Å². The highest BCUT2D eigenvalue weighted by atomic mass is 35.5. The quantitative estimate of drug-likeness (QED) is 0.482. The summed E-state index contributed by atoms with van der Waals surface area (Å²) in [5.41, 5.74) is 5.91. The van der Waals surface area contributed by atoms with Gasteiger partial charge in [-0.2, -0.15) is 5.26 Å². The number of anilines is 3. The number of hydrogen-bond donors (Lipinski definition) is 1. The smallest absolute Gasteiger partial charge is 0.0991 e. The molecule has 1 aliphatic carbocycles. The zero-order chi connectivity index (χ0) is 21.2. The van der Waals surface area contributed by atoms with Crippen LogP contribution in [0.15, 0.2) is 48.5 Å². The van der Waals surface area contributed by atoms with Crippen molar-refractivity contribution in [3.8, 4) is 6.07 Å². The van der Waals surface area contributed by atoms with Crippen LogP contribution in [0.2, 0.25) is 0 Å². The van der Waals surface area contributed by atoms with E-state index in [-0.39, 0.29) is 12.4 Å². The first-order valence-electron chi connectivity index (χ1n) is 11.2. The van der Waals surface area contributed by atoms with Gasteiger partial charge in [0.1, 0.15) is 0 Å². The number of hydrogen-bond acceptors (Lipinski definition) is 5. The van der Waals surface area contributed by atoms with Crippen LogP contribution in [0.4, 0.5) is 17.1 Å². The maximum atomic E-state index is 8.98. The zero-order valence-corrected chi connectivity index (χ0v) is 19.2. The number of nitriles is 1. The standard InChI is InChI=1S/C26H28N4O.ClH/c1-18-13-26(30-12-2-3-23(30)17-31-16-20-4-5-20)24-11-10-22(14-25(24)28-18)29-21-8-6-19(15-27)7-9-21;/h6-11,13-14,20,23,29H,2-5,12,16-17H2,1H3;1H. The number of ether oxygens (including phenoxy) is 1. The average molecular weight is 449 g/mol. The summed E-state index contributed by atoms with van der Waals surface area (Å²) in [5.74, 6) is 0.806. The molecule has 2 heterocycles. The summed E-state index contributed by atoms with van der Waals surface area (Å²) in [4.78, 5) is 7.34. The molecule has 5 rings (SSSR count). The van der Waals surface area contributed by atoms with Crippen LogP contribution in [-0.2, 0) is 4.74 Å². The van der Waals surface area contributed by atoms with E-state index in [0.717, 1.165) is 48.3 Å². The van der Waals surface area contributed by atoms with E-state index in [0.29, 0.717) is 11.6 Å². The molecule has 2 aliphatic rings. The van der Waals surface area contributed by atoms with Crippen LogP contribution in [-0.4, -0.2) is 30.8 Å². The lowest BCUT2D eigenvalue weighted by atomic mass is 10.1. The van der Waals surface area contributed by atoms with E-state index < -0.39 is 0 Å². The molecule has 1 aliphatic heterocycles. The second kappa shape index (κ2) is 9.77. The fraction of sp³-hybridized carbons (Fsp3) is 0.385. The van der Waals surface area contributed by atoms with Crippen molar-refractivity contribution < 1.29 is 4.74 Å². The van der Waals surface area contributed by atoms with Crippen molar-refractivity contribution in [1.82, 2.24) is 4.98 Å². The Kier molecular flexibility index (Phi) is 6.83. The number of benzene rings is 2. The molecule has 1 saturated heterocycles. The van der Waals surface area contributed by atoms with Gasteiger partial charge >= 0.3 is 0 Å². The SMILES string of the molecule is Cc1cc(N2CCCC2COCC2CC2)c2ccc(Nc3ccc(C#N)cc3)cc2n1.Cl. The van der Waals surface area contributed by atoms with Gasteiger partial charge in [0.15, 0.2) is 0 Å². The molecule has 5 nitrogen and oxygen atoms in total. The summed E-state index contributed by atoms with van der Waals surface area (Å²) >= 11 is 0. The van der Waals surface area contributed by atoms with Crippen LogP contribution in [0, 0.1) is 24.2 Å². The monoisotopic (exact) mass is 448 g/mol. The Balaban J connectivity index is 0.00000245. The van der Waals surface area contributed by atoms with Gasteiger partial charge in [-0.15, -0.1) is 12.4 Å². The Hall–Kier alpha value is -2.81. The maximum absolute atomic E-state index is 8.98. The van der Waals surface area contributed by atoms with Crippen LogP contribution in [0.3, 0.4) is 0 Å². The second-order valence-electron chi connectivity index (χ2n) is 8.80. The Bertz CT molecular complexity index is 1120. The summed E-state index contributed by atoms with van der Waals surface area (Å²) in [7, 11) is 0. The largest absolute Gasteiger partial charge is 0.379 e. The van der Waals surface area contributed by atoms with E-state index in [2.05, 4.69) is 47.5 Å². The minimum Gasteiger partial charge on any atom is -0.379 e. The van der Waals surface area contributed by atoms with Gasteiger partial charge in [-0.3, -0.25) is 4.98 Å². The van der Waals surface area contributed by atoms with E-state index in [1.165, 1.54) is 36.8 Å². The molecule has 1 N–H and O–H groups in total. The first-order valence-corrected chi connectivity index (χ1v) is 11.2. The van der Waals surface area contributed by atoms with Gasteiger partial charge in [-0.05, 0) is 87.1 Å². The van der Waals surface area contributed by atoms with Gasteiger partial charge in [0.25, 0.3) is 0 Å². The van der Waals surface area contributed by atoms with E-state index in [1.807, 2.05) is 24.3 Å². The summed E-state index contributed by atoms with van der Waals surface area (Å²) in [5, 5.41) is 13.6. The van der Waals surface area contributed by atoms with Gasteiger partial charge in [0, 0.05) is 41.3 Å². The summed E-state index contributed by atoms with van der Waals surface area (Å²) in [6.07, 6.45) is 5.06. The van der Waals surface area contributed by atoms with Crippen molar-refractivity contribution in [2.45, 2.75) is 38.6 Å². The van der Waals surface area contributed by atoms with Crippen LogP contribution >= 0.6 is 12.4 Å². The molecule has 0 bridgehead atoms. The molecule has 1 unspecified atom stereocenters. The molecular weight excluding hydrogens is 420 g/mol. The molecule has 1 aromatic heterocycles. The number of nitrogens with zero attached hydrogens (tertiary/aromatic N) is 3. The third kappa shape index (κ3) is 4.98. The number of pyridine rings is 1. The number of nitrogens with one attached hydrogen (secondary N) is 1. The first kappa shape index (κ1) is 22.4. The highest BCUT2D eigenvalue weighted by molar-refractivity contribution is 5.94. The van der Waals surface area contributed by atoms with Gasteiger partial charge in [-0.1, -0.05) is 0 Å². The normalized spacial score (nSPS) is 17.8. The number of rotatable bonds is 7. The lowest BCUT2D eigenvalue weighted by molar-refractivity contribution is 0.112. The van der Waals surface area contributed by atoms with Crippen molar-refractivity contribution in [2.75, 3.05) is 30.0 Å². The molecule has 0 radical (unpaired) electrons. The van der Waals surface area contributed by atoms with Crippen LogP contribution < -0.4 is 10.2 Å². The van der Waals surface area contributed by atoms with E-state index in [4.69, 9.17) is 15.0 Å². The number of fused-ring (bicyclic) bond motifs is 1. The van der Waals surface area contributed by atoms with Crippen molar-refractivity contribution in [3.05, 3.63) is 59.8 Å². The van der Waals surface area contributed by atoms with Crippen molar-refractivity contribution in [3.63, 3.8) is 0 Å². The number of aromatic nitrogens is 1. The highest BCUT2D eigenvalue weighted by Gasteiger charge is 2.28. The Morgan fingerprint density at radius 3 is 2.59 bits per heavy atom. The lowest BCUT2D eigenvalue weighted by Gasteiger charge is -2.28. The molecule has 0 amide bonds. The molecule has 0 spiro atoms. The first-order chi connectivity index (χ1) is 15.2. The molecule has 2 fully saturated rings. The molecule has 2 aromatic carbocycles. The van der Waals surface area contributed by atoms with Gasteiger partial charge in [0.05, 0.1) is 29.8 Å². The summed E-state index contributed by atoms with van der Waals surface area (Å²) < 4.78 is 6.05. The van der Waals surface area contributed by atoms with E-state index >= 15 is 0 Å². The molecular formula is C26H29ClN4O. The number of aryl methyl sites for hydroxylation is 1. The third-order valence-corrected chi connectivity index (χ3v) is 6.27. The predicted octanol–water partition coefficient (Wildman–Crippen LogP) is 5.98. The fourth-order valence-corrected chi connectivity index (χ4v) is 4.43. The molecule has 6 heteroatoms. The molecule has 166 valence electrons. The van der Waals surface area contributed by atoms with Crippen molar-refractivity contribution in [1.29, 1.82) is 5.26 Å². The maximum Gasteiger partial charge on any atom is 0.0991 e. The predicted molar refractivity (Wildman–Crippen MR) is 132 cm³/mol. The van der Waals surface area contributed by atoms with Gasteiger partial charge in [0.2, 0.25) is 0 Å². The minimum atomic E-state index is 0. The minimum absolute atomic E-state index is 0. The van der Waals surface area contributed by atoms with Gasteiger partial charge < -0.3 is 15.0 Å². The Morgan fingerprint density at radius 1 is 1.06 bits per heavy atom. The Labute approximate surface area is 195 Å². The highest BCUT2D eigenvalue weighted by Crippen LogP contribution is 2.35. The second-order valence-corrected chi connectivity index (χ2v) is 8.80. The lowest BCUT2D eigenvalue weighted by Crippen LogP contribution is -2.33. The number of halogens is 1. The van der Waals surface area contributed by atoms with Crippen molar-refractivity contribution >= 4 is 40.4 Å².